The van der Waals surface area contributed by atoms with E-state index in [1.165, 1.54) is 0 Å². The van der Waals surface area contributed by atoms with Crippen molar-refractivity contribution in [1.82, 2.24) is 14.8 Å². The lowest BCUT2D eigenvalue weighted by Gasteiger charge is -2.35. The SMILES string of the molecule is Cc1cc2c(cc1C(=O)N1CCN(C(=O)c3ccccn3)CC1)OCCO2. The number of aromatic nitrogens is 1. The average molecular weight is 367 g/mol. The Kier molecular flexibility index (Phi) is 4.66. The number of piperazine rings is 1. The zero-order chi connectivity index (χ0) is 18.8. The van der Waals surface area contributed by atoms with Gasteiger partial charge in [0.15, 0.2) is 11.5 Å². The van der Waals surface area contributed by atoms with Crippen molar-refractivity contribution < 1.29 is 19.1 Å². The molecule has 2 amide bonds. The zero-order valence-corrected chi connectivity index (χ0v) is 15.2. The lowest BCUT2D eigenvalue weighted by Crippen LogP contribution is -2.50. The third kappa shape index (κ3) is 3.45. The number of carbonyl (C=O) groups is 2. The van der Waals surface area contributed by atoms with Crippen LogP contribution in [0.3, 0.4) is 0 Å². The van der Waals surface area contributed by atoms with Gasteiger partial charge in [-0.25, -0.2) is 0 Å². The largest absolute Gasteiger partial charge is 0.486 e. The summed E-state index contributed by atoms with van der Waals surface area (Å²) in [5.74, 6) is 1.15. The maximum absolute atomic E-state index is 13.0. The maximum Gasteiger partial charge on any atom is 0.272 e. The highest BCUT2D eigenvalue weighted by Gasteiger charge is 2.27. The first kappa shape index (κ1) is 17.3. The molecule has 0 atom stereocenters. The normalized spacial score (nSPS) is 16.2. The topological polar surface area (TPSA) is 72.0 Å². The molecule has 3 heterocycles. The number of benzene rings is 1. The van der Waals surface area contributed by atoms with Crippen LogP contribution < -0.4 is 9.47 Å². The molecule has 7 heteroatoms. The minimum absolute atomic E-state index is 0.0468. The first-order chi connectivity index (χ1) is 13.1. The van der Waals surface area contributed by atoms with E-state index in [0.717, 1.165) is 5.56 Å². The molecule has 0 unspecified atom stereocenters. The van der Waals surface area contributed by atoms with Crippen LogP contribution in [0.15, 0.2) is 36.5 Å². The molecule has 2 aromatic rings. The Labute approximate surface area is 157 Å². The second-order valence-corrected chi connectivity index (χ2v) is 6.61. The molecule has 2 aliphatic heterocycles. The van der Waals surface area contributed by atoms with Crippen LogP contribution in [0, 0.1) is 6.92 Å². The Hall–Kier alpha value is -3.09. The molecule has 1 fully saturated rings. The zero-order valence-electron chi connectivity index (χ0n) is 15.2. The second kappa shape index (κ2) is 7.26. The molecule has 27 heavy (non-hydrogen) atoms. The monoisotopic (exact) mass is 367 g/mol. The molecule has 140 valence electrons. The van der Waals surface area contributed by atoms with E-state index in [1.54, 1.807) is 40.3 Å². The standard InChI is InChI=1S/C20H21N3O4/c1-14-12-17-18(27-11-10-26-17)13-15(14)19(24)22-6-8-23(9-7-22)20(25)16-4-2-3-5-21-16/h2-5,12-13H,6-11H2,1H3. The van der Waals surface area contributed by atoms with E-state index in [-0.39, 0.29) is 11.8 Å². The third-order valence-corrected chi connectivity index (χ3v) is 4.86. The van der Waals surface area contributed by atoms with Crippen molar-refractivity contribution in [2.24, 2.45) is 0 Å². The number of hydrogen-bond donors (Lipinski definition) is 0. The van der Waals surface area contributed by atoms with Crippen LogP contribution in [-0.2, 0) is 0 Å². The van der Waals surface area contributed by atoms with Gasteiger partial charge in [0, 0.05) is 37.9 Å². The van der Waals surface area contributed by atoms with Gasteiger partial charge in [-0.15, -0.1) is 0 Å². The number of carbonyl (C=O) groups excluding carboxylic acids is 2. The quantitative estimate of drug-likeness (QED) is 0.809. The van der Waals surface area contributed by atoms with E-state index in [4.69, 9.17) is 9.47 Å². The second-order valence-electron chi connectivity index (χ2n) is 6.61. The van der Waals surface area contributed by atoms with Crippen LogP contribution in [0.2, 0.25) is 0 Å². The van der Waals surface area contributed by atoms with Gasteiger partial charge in [0.2, 0.25) is 0 Å². The summed E-state index contributed by atoms with van der Waals surface area (Å²) in [6, 6.07) is 8.90. The summed E-state index contributed by atoms with van der Waals surface area (Å²) >= 11 is 0. The molecule has 2 aliphatic rings. The van der Waals surface area contributed by atoms with Crippen LogP contribution in [0.5, 0.6) is 11.5 Å². The van der Waals surface area contributed by atoms with Gasteiger partial charge in [-0.1, -0.05) is 6.07 Å². The van der Waals surface area contributed by atoms with E-state index in [1.807, 2.05) is 13.0 Å². The van der Waals surface area contributed by atoms with Gasteiger partial charge >= 0.3 is 0 Å². The van der Waals surface area contributed by atoms with Gasteiger partial charge < -0.3 is 19.3 Å². The molecule has 0 N–H and O–H groups in total. The van der Waals surface area contributed by atoms with Crippen molar-refractivity contribution in [2.45, 2.75) is 6.92 Å². The molecule has 1 aromatic heterocycles. The van der Waals surface area contributed by atoms with Crippen LogP contribution in [-0.4, -0.2) is 66.0 Å². The van der Waals surface area contributed by atoms with Crippen LogP contribution in [0.1, 0.15) is 26.4 Å². The summed E-state index contributed by atoms with van der Waals surface area (Å²) in [7, 11) is 0. The van der Waals surface area contributed by atoms with E-state index in [2.05, 4.69) is 4.98 Å². The fraction of sp³-hybridized carbons (Fsp3) is 0.350. The fourth-order valence-corrected chi connectivity index (χ4v) is 3.36. The predicted octanol–water partition coefficient (Wildman–Crippen LogP) is 1.76. The summed E-state index contributed by atoms with van der Waals surface area (Å²) < 4.78 is 11.2. The van der Waals surface area contributed by atoms with E-state index in [9.17, 15) is 9.59 Å². The van der Waals surface area contributed by atoms with Gasteiger partial charge in [0.1, 0.15) is 18.9 Å². The Balaban J connectivity index is 1.44. The number of nitrogens with zero attached hydrogens (tertiary/aromatic N) is 3. The fourth-order valence-electron chi connectivity index (χ4n) is 3.36. The van der Waals surface area contributed by atoms with Gasteiger partial charge in [0.05, 0.1) is 0 Å². The molecule has 1 aromatic carbocycles. The van der Waals surface area contributed by atoms with Crippen molar-refractivity contribution >= 4 is 11.8 Å². The number of ether oxygens (including phenoxy) is 2. The smallest absolute Gasteiger partial charge is 0.272 e. The van der Waals surface area contributed by atoms with Crippen molar-refractivity contribution in [3.05, 3.63) is 53.3 Å². The van der Waals surface area contributed by atoms with Crippen LogP contribution in [0.4, 0.5) is 0 Å². The number of fused-ring (bicyclic) bond motifs is 1. The van der Waals surface area contributed by atoms with Crippen molar-refractivity contribution in [3.63, 3.8) is 0 Å². The molecular formula is C20H21N3O4. The van der Waals surface area contributed by atoms with E-state index < -0.39 is 0 Å². The minimum Gasteiger partial charge on any atom is -0.486 e. The molecule has 0 spiro atoms. The minimum atomic E-state index is -0.0989. The molecule has 7 nitrogen and oxygen atoms in total. The highest BCUT2D eigenvalue weighted by Crippen LogP contribution is 2.33. The molecule has 0 radical (unpaired) electrons. The number of aryl methyl sites for hydroxylation is 1. The van der Waals surface area contributed by atoms with Crippen LogP contribution in [0.25, 0.3) is 0 Å². The molecule has 0 saturated carbocycles. The Morgan fingerprint density at radius 1 is 0.926 bits per heavy atom. The predicted molar refractivity (Wildman–Crippen MR) is 98.2 cm³/mol. The highest BCUT2D eigenvalue weighted by atomic mass is 16.6. The Morgan fingerprint density at radius 3 is 2.19 bits per heavy atom. The maximum atomic E-state index is 13.0. The van der Waals surface area contributed by atoms with Gasteiger partial charge in [-0.05, 0) is 36.8 Å². The molecule has 1 saturated heterocycles. The summed E-state index contributed by atoms with van der Waals surface area (Å²) in [5, 5.41) is 0. The van der Waals surface area contributed by atoms with Gasteiger partial charge in [-0.2, -0.15) is 0 Å². The summed E-state index contributed by atoms with van der Waals surface area (Å²) in [5.41, 5.74) is 1.90. The molecule has 0 aliphatic carbocycles. The number of rotatable bonds is 2. The number of hydrogen-bond acceptors (Lipinski definition) is 5. The highest BCUT2D eigenvalue weighted by molar-refractivity contribution is 5.97. The van der Waals surface area contributed by atoms with Crippen molar-refractivity contribution in [3.8, 4) is 11.5 Å². The number of pyridine rings is 1. The average Bonchev–Trinajstić information content (AvgIpc) is 2.73. The van der Waals surface area contributed by atoms with Gasteiger partial charge in [-0.3, -0.25) is 14.6 Å². The lowest BCUT2D eigenvalue weighted by molar-refractivity contribution is 0.0531. The first-order valence-electron chi connectivity index (χ1n) is 9.03. The lowest BCUT2D eigenvalue weighted by atomic mass is 10.1. The molecule has 4 rings (SSSR count). The van der Waals surface area contributed by atoms with Crippen molar-refractivity contribution in [1.29, 1.82) is 0 Å². The summed E-state index contributed by atoms with van der Waals surface area (Å²) in [6.07, 6.45) is 1.61. The Bertz CT molecular complexity index is 861. The molecule has 0 bridgehead atoms. The first-order valence-corrected chi connectivity index (χ1v) is 9.03. The Morgan fingerprint density at radius 2 is 1.56 bits per heavy atom. The van der Waals surface area contributed by atoms with Gasteiger partial charge in [0.25, 0.3) is 11.8 Å². The summed E-state index contributed by atoms with van der Waals surface area (Å²) in [4.78, 5) is 33.1. The van der Waals surface area contributed by atoms with Crippen LogP contribution >= 0.6 is 0 Å². The number of amides is 2. The third-order valence-electron chi connectivity index (χ3n) is 4.86. The summed E-state index contributed by atoms with van der Waals surface area (Å²) in [6.45, 7) is 4.86. The van der Waals surface area contributed by atoms with Crippen molar-refractivity contribution in [2.75, 3.05) is 39.4 Å². The molecular weight excluding hydrogens is 346 g/mol. The van der Waals surface area contributed by atoms with E-state index >= 15 is 0 Å². The van der Waals surface area contributed by atoms with E-state index in [0.29, 0.717) is 62.1 Å².